The van der Waals surface area contributed by atoms with E-state index in [0.717, 1.165) is 5.56 Å². The second kappa shape index (κ2) is 11.2. The van der Waals surface area contributed by atoms with E-state index in [1.165, 1.54) is 0 Å². The van der Waals surface area contributed by atoms with Crippen molar-refractivity contribution in [2.24, 2.45) is 5.73 Å². The highest BCUT2D eigenvalue weighted by Crippen LogP contribution is 2.04. The number of aliphatic carboxylic acids is 1. The Labute approximate surface area is 141 Å². The van der Waals surface area contributed by atoms with E-state index in [2.05, 4.69) is 4.74 Å². The SMILES string of the molecule is CC(C)(C)OC=O.N[C@H](CCC(=O)OCc1ccccc1)C(=O)O. The first-order valence-corrected chi connectivity index (χ1v) is 7.45. The van der Waals surface area contributed by atoms with Gasteiger partial charge in [-0.1, -0.05) is 30.3 Å². The number of hydrogen-bond acceptors (Lipinski definition) is 6. The van der Waals surface area contributed by atoms with Crippen molar-refractivity contribution in [3.05, 3.63) is 35.9 Å². The van der Waals surface area contributed by atoms with Crippen molar-refractivity contribution >= 4 is 18.4 Å². The van der Waals surface area contributed by atoms with Crippen LogP contribution in [0.15, 0.2) is 30.3 Å². The third-order valence-corrected chi connectivity index (χ3v) is 2.62. The van der Waals surface area contributed by atoms with Gasteiger partial charge in [-0.25, -0.2) is 0 Å². The summed E-state index contributed by atoms with van der Waals surface area (Å²) in [6, 6.07) is 8.25. The Balaban J connectivity index is 0.000000640. The molecule has 7 heteroatoms. The summed E-state index contributed by atoms with van der Waals surface area (Å²) in [5, 5.41) is 8.53. The van der Waals surface area contributed by atoms with Crippen molar-refractivity contribution in [2.45, 2.75) is 51.9 Å². The molecule has 0 saturated heterocycles. The Hall–Kier alpha value is -2.41. The molecule has 0 heterocycles. The van der Waals surface area contributed by atoms with Gasteiger partial charge >= 0.3 is 11.9 Å². The topological polar surface area (TPSA) is 116 Å². The molecule has 0 spiro atoms. The lowest BCUT2D eigenvalue weighted by molar-refractivity contribution is -0.145. The molecule has 1 rings (SSSR count). The second-order valence-corrected chi connectivity index (χ2v) is 5.96. The first kappa shape index (κ1) is 21.6. The molecule has 0 amide bonds. The van der Waals surface area contributed by atoms with Crippen LogP contribution in [0.5, 0.6) is 0 Å². The molecule has 134 valence electrons. The maximum atomic E-state index is 11.3. The molecule has 0 fully saturated rings. The lowest BCUT2D eigenvalue weighted by atomic mass is 10.2. The fraction of sp³-hybridized carbons (Fsp3) is 0.471. The van der Waals surface area contributed by atoms with E-state index in [-0.39, 0.29) is 25.0 Å². The number of carbonyl (C=O) groups is 3. The van der Waals surface area contributed by atoms with Crippen LogP contribution in [0.4, 0.5) is 0 Å². The largest absolute Gasteiger partial charge is 0.480 e. The lowest BCUT2D eigenvalue weighted by Crippen LogP contribution is -2.30. The van der Waals surface area contributed by atoms with Crippen LogP contribution in [0.2, 0.25) is 0 Å². The number of carboxylic acids is 1. The summed E-state index contributed by atoms with van der Waals surface area (Å²) >= 11 is 0. The van der Waals surface area contributed by atoms with Gasteiger partial charge in [0.15, 0.2) is 0 Å². The van der Waals surface area contributed by atoms with E-state index in [1.54, 1.807) is 0 Å². The summed E-state index contributed by atoms with van der Waals surface area (Å²) in [4.78, 5) is 31.3. The van der Waals surface area contributed by atoms with Gasteiger partial charge in [-0.05, 0) is 32.8 Å². The average Bonchev–Trinajstić information content (AvgIpc) is 2.51. The molecule has 1 aromatic rings. The van der Waals surface area contributed by atoms with Gasteiger partial charge in [-0.15, -0.1) is 0 Å². The normalized spacial score (nSPS) is 11.5. The van der Waals surface area contributed by atoms with Gasteiger partial charge in [0.1, 0.15) is 18.2 Å². The maximum Gasteiger partial charge on any atom is 0.320 e. The molecule has 0 radical (unpaired) electrons. The first-order chi connectivity index (χ1) is 11.2. The summed E-state index contributed by atoms with van der Waals surface area (Å²) in [5.74, 6) is -1.55. The fourth-order valence-corrected chi connectivity index (χ4v) is 1.35. The number of rotatable bonds is 7. The van der Waals surface area contributed by atoms with E-state index >= 15 is 0 Å². The molecule has 0 bridgehead atoms. The van der Waals surface area contributed by atoms with Crippen molar-refractivity contribution < 1.29 is 29.0 Å². The summed E-state index contributed by atoms with van der Waals surface area (Å²) in [6.07, 6.45) is 0.100. The number of hydrogen-bond donors (Lipinski definition) is 2. The van der Waals surface area contributed by atoms with Crippen LogP contribution in [-0.4, -0.2) is 35.2 Å². The number of nitrogens with two attached hydrogens (primary N) is 1. The zero-order chi connectivity index (χ0) is 18.6. The van der Waals surface area contributed by atoms with E-state index in [1.807, 2.05) is 51.1 Å². The minimum absolute atomic E-state index is 0.0142. The van der Waals surface area contributed by atoms with E-state index in [0.29, 0.717) is 6.47 Å². The van der Waals surface area contributed by atoms with E-state index < -0.39 is 18.0 Å². The number of benzene rings is 1. The molecular formula is C17H25NO6. The molecule has 7 nitrogen and oxygen atoms in total. The zero-order valence-corrected chi connectivity index (χ0v) is 14.2. The Morgan fingerprint density at radius 3 is 2.25 bits per heavy atom. The Bertz CT molecular complexity index is 510. The van der Waals surface area contributed by atoms with Crippen molar-refractivity contribution in [2.75, 3.05) is 0 Å². The quantitative estimate of drug-likeness (QED) is 0.575. The summed E-state index contributed by atoms with van der Waals surface area (Å²) in [6.45, 7) is 6.12. The zero-order valence-electron chi connectivity index (χ0n) is 14.2. The van der Waals surface area contributed by atoms with Gasteiger partial charge in [0.25, 0.3) is 6.47 Å². The summed E-state index contributed by atoms with van der Waals surface area (Å²) in [7, 11) is 0. The minimum Gasteiger partial charge on any atom is -0.480 e. The Kier molecular flexibility index (Phi) is 10.1. The van der Waals surface area contributed by atoms with Crippen molar-refractivity contribution in [1.29, 1.82) is 0 Å². The summed E-state index contributed by atoms with van der Waals surface area (Å²) < 4.78 is 9.52. The van der Waals surface area contributed by atoms with Crippen LogP contribution in [0.25, 0.3) is 0 Å². The predicted octanol–water partition coefficient (Wildman–Crippen LogP) is 1.88. The minimum atomic E-state index is -1.11. The van der Waals surface area contributed by atoms with E-state index in [4.69, 9.17) is 15.6 Å². The second-order valence-electron chi connectivity index (χ2n) is 5.96. The monoisotopic (exact) mass is 339 g/mol. The van der Waals surface area contributed by atoms with Crippen molar-refractivity contribution in [3.63, 3.8) is 0 Å². The van der Waals surface area contributed by atoms with Gasteiger partial charge in [0.05, 0.1) is 0 Å². The molecule has 3 N–H and O–H groups in total. The molecule has 0 saturated carbocycles. The van der Waals surface area contributed by atoms with Crippen LogP contribution >= 0.6 is 0 Å². The van der Waals surface area contributed by atoms with Crippen LogP contribution in [0.1, 0.15) is 39.2 Å². The van der Waals surface area contributed by atoms with Crippen LogP contribution < -0.4 is 5.73 Å². The molecule has 0 aliphatic carbocycles. The third kappa shape index (κ3) is 12.2. The molecule has 0 unspecified atom stereocenters. The number of carboxylic acid groups (broad SMARTS) is 1. The summed E-state index contributed by atoms with van der Waals surface area (Å²) in [5.41, 5.74) is 5.84. The van der Waals surface area contributed by atoms with Gasteiger partial charge in [-0.2, -0.15) is 0 Å². The fourth-order valence-electron chi connectivity index (χ4n) is 1.35. The molecule has 1 atom stereocenters. The van der Waals surface area contributed by atoms with Gasteiger partial charge in [0, 0.05) is 6.42 Å². The highest BCUT2D eigenvalue weighted by molar-refractivity contribution is 5.75. The number of carbonyl (C=O) groups excluding carboxylic acids is 2. The van der Waals surface area contributed by atoms with Gasteiger partial charge < -0.3 is 20.3 Å². The lowest BCUT2D eigenvalue weighted by Gasteiger charge is -2.14. The van der Waals surface area contributed by atoms with Crippen molar-refractivity contribution in [3.8, 4) is 0 Å². The molecule has 24 heavy (non-hydrogen) atoms. The smallest absolute Gasteiger partial charge is 0.320 e. The number of ether oxygens (including phenoxy) is 2. The predicted molar refractivity (Wildman–Crippen MR) is 88.0 cm³/mol. The third-order valence-electron chi connectivity index (χ3n) is 2.62. The van der Waals surface area contributed by atoms with Gasteiger partial charge in [-0.3, -0.25) is 14.4 Å². The Morgan fingerprint density at radius 1 is 1.25 bits per heavy atom. The highest BCUT2D eigenvalue weighted by Gasteiger charge is 2.14. The van der Waals surface area contributed by atoms with Crippen molar-refractivity contribution in [1.82, 2.24) is 0 Å². The molecule has 0 aromatic heterocycles. The highest BCUT2D eigenvalue weighted by atomic mass is 16.5. The van der Waals surface area contributed by atoms with Crippen LogP contribution in [0.3, 0.4) is 0 Å². The standard InChI is InChI=1S/C12H15NO4.C5H10O2/c13-10(12(15)16)6-7-11(14)17-8-9-4-2-1-3-5-9;1-5(2,3)7-4-6/h1-5,10H,6-8,13H2,(H,15,16);4H,1-3H3/t10-;/m1./s1. The van der Waals surface area contributed by atoms with E-state index in [9.17, 15) is 14.4 Å². The maximum absolute atomic E-state index is 11.3. The number of esters is 1. The molecule has 0 aliphatic heterocycles. The molecule has 0 aliphatic rings. The average molecular weight is 339 g/mol. The first-order valence-electron chi connectivity index (χ1n) is 7.45. The molecular weight excluding hydrogens is 314 g/mol. The van der Waals surface area contributed by atoms with Crippen LogP contribution in [0, 0.1) is 0 Å². The van der Waals surface area contributed by atoms with Gasteiger partial charge in [0.2, 0.25) is 0 Å². The van der Waals surface area contributed by atoms with Crippen LogP contribution in [-0.2, 0) is 30.5 Å². The Morgan fingerprint density at radius 2 is 1.83 bits per heavy atom. The molecule has 1 aromatic carbocycles.